The van der Waals surface area contributed by atoms with Gasteiger partial charge < -0.3 is 0 Å². The van der Waals surface area contributed by atoms with E-state index in [-0.39, 0.29) is 5.91 Å². The van der Waals surface area contributed by atoms with E-state index in [4.69, 9.17) is 0 Å². The summed E-state index contributed by atoms with van der Waals surface area (Å²) in [5, 5.41) is 2.93. The molecule has 0 aromatic carbocycles. The van der Waals surface area contributed by atoms with Crippen LogP contribution in [0.1, 0.15) is 0 Å². The zero-order chi connectivity index (χ0) is 6.69. The molecule has 1 heterocycles. The second-order valence-electron chi connectivity index (χ2n) is 1.68. The fourth-order valence-electron chi connectivity index (χ4n) is 0.599. The Kier molecular flexibility index (Phi) is 2.32. The summed E-state index contributed by atoms with van der Waals surface area (Å²) in [5.74, 6) is 0.0237. The van der Waals surface area contributed by atoms with E-state index in [1.54, 1.807) is 4.41 Å². The highest BCUT2D eigenvalue weighted by molar-refractivity contribution is 7.96. The molecule has 4 nitrogen and oxygen atoms in total. The average molecular weight is 147 g/mol. The van der Waals surface area contributed by atoms with Crippen LogP contribution in [-0.4, -0.2) is 29.8 Å². The van der Waals surface area contributed by atoms with Crippen molar-refractivity contribution in [2.24, 2.45) is 0 Å². The highest BCUT2D eigenvalue weighted by Crippen LogP contribution is 1.99. The molecule has 5 heteroatoms. The summed E-state index contributed by atoms with van der Waals surface area (Å²) < 4.78 is 1.74. The highest BCUT2D eigenvalue weighted by Gasteiger charge is 2.12. The lowest BCUT2D eigenvalue weighted by atomic mass is 10.6. The van der Waals surface area contributed by atoms with Gasteiger partial charge in [-0.05, 0) is 6.26 Å². The Morgan fingerprint density at radius 3 is 3.00 bits per heavy atom. The molecule has 1 aliphatic heterocycles. The molecule has 0 aromatic heterocycles. The molecule has 1 rings (SSSR count). The van der Waals surface area contributed by atoms with Crippen LogP contribution in [0.25, 0.3) is 0 Å². The van der Waals surface area contributed by atoms with Crippen molar-refractivity contribution < 1.29 is 4.79 Å². The summed E-state index contributed by atoms with van der Waals surface area (Å²) in [7, 11) is 0. The van der Waals surface area contributed by atoms with Crippen LogP contribution in [0.2, 0.25) is 0 Å². The normalized spacial score (nSPS) is 21.7. The molecule has 0 aromatic rings. The summed E-state index contributed by atoms with van der Waals surface area (Å²) >= 11 is 1.49. The molecule has 0 saturated carbocycles. The average Bonchev–Trinajstić information content (AvgIpc) is 1.88. The van der Waals surface area contributed by atoms with E-state index >= 15 is 0 Å². The first-order chi connectivity index (χ1) is 4.33. The Balaban J connectivity index is 2.32. The maximum atomic E-state index is 10.6. The third kappa shape index (κ3) is 1.85. The van der Waals surface area contributed by atoms with E-state index in [2.05, 4.69) is 10.7 Å². The van der Waals surface area contributed by atoms with Gasteiger partial charge in [0.25, 0.3) is 0 Å². The number of amides is 1. The molecule has 1 amide bonds. The number of carbonyl (C=O) groups excluding carboxylic acids is 1. The van der Waals surface area contributed by atoms with Crippen LogP contribution in [0.3, 0.4) is 0 Å². The molecule has 0 aliphatic carbocycles. The van der Waals surface area contributed by atoms with Gasteiger partial charge >= 0.3 is 0 Å². The standard InChI is InChI=1S/C4H9N3OS/c1-9-7-3-5-2-4(8)6-7/h5H,2-3H2,1H3,(H,6,8). The van der Waals surface area contributed by atoms with Crippen molar-refractivity contribution in [2.45, 2.75) is 0 Å². The third-order valence-corrected chi connectivity index (χ3v) is 1.67. The lowest BCUT2D eigenvalue weighted by Crippen LogP contribution is -2.52. The zero-order valence-corrected chi connectivity index (χ0v) is 5.99. The maximum absolute atomic E-state index is 10.6. The summed E-state index contributed by atoms with van der Waals surface area (Å²) in [6.45, 7) is 1.14. The van der Waals surface area contributed by atoms with Crippen LogP contribution >= 0.6 is 11.9 Å². The smallest absolute Gasteiger partial charge is 0.249 e. The third-order valence-electron chi connectivity index (χ3n) is 1.01. The Morgan fingerprint density at radius 1 is 1.78 bits per heavy atom. The van der Waals surface area contributed by atoms with E-state index in [1.165, 1.54) is 11.9 Å². The molecule has 1 aliphatic rings. The number of hydrazine groups is 1. The Labute approximate surface area is 58.1 Å². The van der Waals surface area contributed by atoms with Crippen LogP contribution in [0.4, 0.5) is 0 Å². The van der Waals surface area contributed by atoms with Crippen molar-refractivity contribution in [3.8, 4) is 0 Å². The van der Waals surface area contributed by atoms with Gasteiger partial charge in [0.1, 0.15) is 0 Å². The van der Waals surface area contributed by atoms with Crippen LogP contribution in [0, 0.1) is 0 Å². The molecular formula is C4H9N3OS. The fourth-order valence-corrected chi connectivity index (χ4v) is 1.01. The van der Waals surface area contributed by atoms with Crippen molar-refractivity contribution >= 4 is 17.9 Å². The van der Waals surface area contributed by atoms with E-state index in [1.807, 2.05) is 6.26 Å². The maximum Gasteiger partial charge on any atom is 0.249 e. The number of hydrogen-bond acceptors (Lipinski definition) is 4. The minimum absolute atomic E-state index is 0.0237. The van der Waals surface area contributed by atoms with Gasteiger partial charge in [0.2, 0.25) is 5.91 Å². The van der Waals surface area contributed by atoms with E-state index in [0.717, 1.165) is 0 Å². The van der Waals surface area contributed by atoms with E-state index < -0.39 is 0 Å². The Bertz CT molecular complexity index is 118. The van der Waals surface area contributed by atoms with Gasteiger partial charge in [0.05, 0.1) is 13.2 Å². The first-order valence-corrected chi connectivity index (χ1v) is 3.83. The predicted molar refractivity (Wildman–Crippen MR) is 36.4 cm³/mol. The van der Waals surface area contributed by atoms with Crippen molar-refractivity contribution in [3.63, 3.8) is 0 Å². The van der Waals surface area contributed by atoms with Gasteiger partial charge in [0, 0.05) is 0 Å². The van der Waals surface area contributed by atoms with Gasteiger partial charge in [-0.1, -0.05) is 11.9 Å². The lowest BCUT2D eigenvalue weighted by molar-refractivity contribution is -0.125. The first-order valence-electron chi connectivity index (χ1n) is 2.65. The molecule has 9 heavy (non-hydrogen) atoms. The SMILES string of the molecule is CSN1CNCC(=O)N1. The van der Waals surface area contributed by atoms with Crippen molar-refractivity contribution in [2.75, 3.05) is 19.5 Å². The van der Waals surface area contributed by atoms with Crippen molar-refractivity contribution in [1.82, 2.24) is 15.2 Å². The Hall–Kier alpha value is -0.260. The van der Waals surface area contributed by atoms with Gasteiger partial charge in [-0.2, -0.15) is 4.41 Å². The molecule has 52 valence electrons. The first kappa shape index (κ1) is 6.85. The minimum atomic E-state index is 0.0237. The predicted octanol–water partition coefficient (Wildman–Crippen LogP) is -0.842. The molecule has 2 N–H and O–H groups in total. The number of nitrogens with zero attached hydrogens (tertiary/aromatic N) is 1. The van der Waals surface area contributed by atoms with E-state index in [0.29, 0.717) is 13.2 Å². The number of hydrogen-bond donors (Lipinski definition) is 2. The van der Waals surface area contributed by atoms with Gasteiger partial charge in [0.15, 0.2) is 0 Å². The van der Waals surface area contributed by atoms with E-state index in [9.17, 15) is 4.79 Å². The van der Waals surface area contributed by atoms with Gasteiger partial charge in [-0.3, -0.25) is 15.5 Å². The number of nitrogens with one attached hydrogen (secondary N) is 2. The van der Waals surface area contributed by atoms with Gasteiger partial charge in [-0.15, -0.1) is 0 Å². The molecule has 1 fully saturated rings. The summed E-state index contributed by atoms with van der Waals surface area (Å²) in [5.41, 5.74) is 2.66. The summed E-state index contributed by atoms with van der Waals surface area (Å²) in [6, 6.07) is 0. The van der Waals surface area contributed by atoms with Crippen LogP contribution in [0.5, 0.6) is 0 Å². The van der Waals surface area contributed by atoms with Crippen LogP contribution in [-0.2, 0) is 4.79 Å². The molecule has 0 radical (unpaired) electrons. The molecule has 0 unspecified atom stereocenters. The van der Waals surface area contributed by atoms with Crippen molar-refractivity contribution in [3.05, 3.63) is 0 Å². The second-order valence-corrected chi connectivity index (χ2v) is 2.49. The topological polar surface area (TPSA) is 44.4 Å². The molecule has 0 atom stereocenters. The fraction of sp³-hybridized carbons (Fsp3) is 0.750. The largest absolute Gasteiger partial charge is 0.293 e. The monoisotopic (exact) mass is 147 g/mol. The molecule has 1 saturated heterocycles. The van der Waals surface area contributed by atoms with Crippen molar-refractivity contribution in [1.29, 1.82) is 0 Å². The zero-order valence-electron chi connectivity index (χ0n) is 5.18. The van der Waals surface area contributed by atoms with Gasteiger partial charge in [-0.25, -0.2) is 0 Å². The number of carbonyl (C=O) groups is 1. The molecule has 0 spiro atoms. The summed E-state index contributed by atoms with van der Waals surface area (Å²) in [6.07, 6.45) is 1.91. The highest BCUT2D eigenvalue weighted by atomic mass is 32.2. The summed E-state index contributed by atoms with van der Waals surface area (Å²) in [4.78, 5) is 10.6. The van der Waals surface area contributed by atoms with Crippen LogP contribution in [0.15, 0.2) is 0 Å². The quantitative estimate of drug-likeness (QED) is 0.475. The number of rotatable bonds is 1. The van der Waals surface area contributed by atoms with Crippen LogP contribution < -0.4 is 10.7 Å². The minimum Gasteiger partial charge on any atom is -0.293 e. The lowest BCUT2D eigenvalue weighted by Gasteiger charge is -2.24. The Morgan fingerprint density at radius 2 is 2.56 bits per heavy atom. The second kappa shape index (κ2) is 3.05. The molecular weight excluding hydrogens is 138 g/mol. The molecule has 0 bridgehead atoms.